The third kappa shape index (κ3) is 3.66. The van der Waals surface area contributed by atoms with Crippen LogP contribution in [0.3, 0.4) is 0 Å². The van der Waals surface area contributed by atoms with E-state index >= 15 is 0 Å². The maximum absolute atomic E-state index is 9.65. The highest BCUT2D eigenvalue weighted by molar-refractivity contribution is 5.85. The number of aliphatic hydroxyl groups excluding tert-OH is 1. The van der Waals surface area contributed by atoms with Crippen molar-refractivity contribution in [2.24, 2.45) is 5.73 Å². The SMILES string of the molecule is CCC[C@H](O)[C@H](N)c1ccccc1.Cl. The van der Waals surface area contributed by atoms with Gasteiger partial charge in [0.05, 0.1) is 12.1 Å². The summed E-state index contributed by atoms with van der Waals surface area (Å²) < 4.78 is 0. The highest BCUT2D eigenvalue weighted by Crippen LogP contribution is 2.16. The molecular formula is C11H18ClNO. The van der Waals surface area contributed by atoms with Crippen LogP contribution in [0.15, 0.2) is 30.3 Å². The van der Waals surface area contributed by atoms with E-state index in [0.29, 0.717) is 0 Å². The molecule has 0 unspecified atom stereocenters. The van der Waals surface area contributed by atoms with Crippen molar-refractivity contribution in [2.45, 2.75) is 31.9 Å². The Kier molecular flexibility index (Phi) is 6.54. The monoisotopic (exact) mass is 215 g/mol. The van der Waals surface area contributed by atoms with E-state index in [1.54, 1.807) is 0 Å². The Morgan fingerprint density at radius 3 is 2.36 bits per heavy atom. The first-order valence-corrected chi connectivity index (χ1v) is 4.74. The Hall–Kier alpha value is -0.570. The van der Waals surface area contributed by atoms with Gasteiger partial charge in [0.1, 0.15) is 0 Å². The van der Waals surface area contributed by atoms with Crippen LogP contribution < -0.4 is 5.73 Å². The van der Waals surface area contributed by atoms with Gasteiger partial charge in [-0.1, -0.05) is 43.7 Å². The fourth-order valence-corrected chi connectivity index (χ4v) is 1.37. The molecule has 0 bridgehead atoms. The summed E-state index contributed by atoms with van der Waals surface area (Å²) in [6, 6.07) is 9.47. The van der Waals surface area contributed by atoms with Gasteiger partial charge in [-0.2, -0.15) is 0 Å². The molecule has 80 valence electrons. The molecule has 2 nitrogen and oxygen atoms in total. The summed E-state index contributed by atoms with van der Waals surface area (Å²) in [5, 5.41) is 9.65. The second-order valence-electron chi connectivity index (χ2n) is 3.29. The van der Waals surface area contributed by atoms with Gasteiger partial charge >= 0.3 is 0 Å². The van der Waals surface area contributed by atoms with Gasteiger partial charge < -0.3 is 10.8 Å². The first-order valence-electron chi connectivity index (χ1n) is 4.74. The van der Waals surface area contributed by atoms with E-state index in [1.807, 2.05) is 37.3 Å². The van der Waals surface area contributed by atoms with Crippen molar-refractivity contribution in [1.29, 1.82) is 0 Å². The van der Waals surface area contributed by atoms with E-state index in [1.165, 1.54) is 0 Å². The van der Waals surface area contributed by atoms with E-state index in [9.17, 15) is 5.11 Å². The number of halogens is 1. The number of rotatable bonds is 4. The summed E-state index contributed by atoms with van der Waals surface area (Å²) in [5.74, 6) is 0. The van der Waals surface area contributed by atoms with Gasteiger partial charge in [0.25, 0.3) is 0 Å². The predicted octanol–water partition coefficient (Wildman–Crippen LogP) is 2.27. The number of nitrogens with two attached hydrogens (primary N) is 1. The average Bonchev–Trinajstić information content (AvgIpc) is 2.18. The van der Waals surface area contributed by atoms with Crippen molar-refractivity contribution in [3.05, 3.63) is 35.9 Å². The molecule has 0 spiro atoms. The molecule has 0 heterocycles. The molecule has 2 atom stereocenters. The van der Waals surface area contributed by atoms with E-state index in [4.69, 9.17) is 5.73 Å². The molecule has 14 heavy (non-hydrogen) atoms. The highest BCUT2D eigenvalue weighted by Gasteiger charge is 2.14. The summed E-state index contributed by atoms with van der Waals surface area (Å²) in [5.41, 5.74) is 6.88. The molecule has 1 rings (SSSR count). The number of aliphatic hydroxyl groups is 1. The van der Waals surface area contributed by atoms with Crippen LogP contribution in [-0.2, 0) is 0 Å². The molecular weight excluding hydrogens is 198 g/mol. The third-order valence-corrected chi connectivity index (χ3v) is 2.18. The number of benzene rings is 1. The van der Waals surface area contributed by atoms with E-state index in [0.717, 1.165) is 18.4 Å². The Morgan fingerprint density at radius 2 is 1.86 bits per heavy atom. The molecule has 1 aromatic carbocycles. The molecule has 0 fully saturated rings. The summed E-state index contributed by atoms with van der Waals surface area (Å²) in [6.07, 6.45) is 1.30. The average molecular weight is 216 g/mol. The zero-order valence-electron chi connectivity index (χ0n) is 8.39. The molecule has 0 aliphatic rings. The second-order valence-corrected chi connectivity index (χ2v) is 3.29. The van der Waals surface area contributed by atoms with Crippen LogP contribution in [0.25, 0.3) is 0 Å². The fourth-order valence-electron chi connectivity index (χ4n) is 1.37. The van der Waals surface area contributed by atoms with Crippen LogP contribution in [-0.4, -0.2) is 11.2 Å². The number of hydrogen-bond donors (Lipinski definition) is 2. The third-order valence-electron chi connectivity index (χ3n) is 2.18. The minimum Gasteiger partial charge on any atom is -0.391 e. The smallest absolute Gasteiger partial charge is 0.0732 e. The van der Waals surface area contributed by atoms with E-state index < -0.39 is 6.10 Å². The Morgan fingerprint density at radius 1 is 1.29 bits per heavy atom. The lowest BCUT2D eigenvalue weighted by atomic mass is 9.99. The van der Waals surface area contributed by atoms with Crippen molar-refractivity contribution in [2.75, 3.05) is 0 Å². The van der Waals surface area contributed by atoms with Gasteiger partial charge in [0.15, 0.2) is 0 Å². The lowest BCUT2D eigenvalue weighted by Crippen LogP contribution is -2.25. The maximum atomic E-state index is 9.65. The maximum Gasteiger partial charge on any atom is 0.0732 e. The van der Waals surface area contributed by atoms with Crippen molar-refractivity contribution >= 4 is 12.4 Å². The lowest BCUT2D eigenvalue weighted by molar-refractivity contribution is 0.134. The molecule has 0 radical (unpaired) electrons. The Balaban J connectivity index is 0.00000169. The first-order chi connectivity index (χ1) is 6.25. The summed E-state index contributed by atoms with van der Waals surface area (Å²) in [4.78, 5) is 0. The minimum absolute atomic E-state index is 0. The fraction of sp³-hybridized carbons (Fsp3) is 0.455. The predicted molar refractivity (Wildman–Crippen MR) is 61.5 cm³/mol. The summed E-state index contributed by atoms with van der Waals surface area (Å²) >= 11 is 0. The highest BCUT2D eigenvalue weighted by atomic mass is 35.5. The van der Waals surface area contributed by atoms with Gasteiger partial charge in [0, 0.05) is 0 Å². The summed E-state index contributed by atoms with van der Waals surface area (Å²) in [6.45, 7) is 2.04. The molecule has 0 saturated carbocycles. The van der Waals surface area contributed by atoms with Gasteiger partial charge in [-0.05, 0) is 12.0 Å². The van der Waals surface area contributed by atoms with Crippen LogP contribution >= 0.6 is 12.4 Å². The van der Waals surface area contributed by atoms with E-state index in [-0.39, 0.29) is 18.4 Å². The van der Waals surface area contributed by atoms with Crippen molar-refractivity contribution in [1.82, 2.24) is 0 Å². The Bertz CT molecular complexity index is 240. The van der Waals surface area contributed by atoms with Crippen molar-refractivity contribution in [3.8, 4) is 0 Å². The topological polar surface area (TPSA) is 46.2 Å². The molecule has 0 amide bonds. The first kappa shape index (κ1) is 13.4. The van der Waals surface area contributed by atoms with Crippen LogP contribution in [0, 0.1) is 0 Å². The van der Waals surface area contributed by atoms with Crippen molar-refractivity contribution in [3.63, 3.8) is 0 Å². The molecule has 3 heteroatoms. The zero-order chi connectivity index (χ0) is 9.68. The molecule has 0 aliphatic carbocycles. The molecule has 0 saturated heterocycles. The Labute approximate surface area is 91.5 Å². The van der Waals surface area contributed by atoms with Gasteiger partial charge in [0.2, 0.25) is 0 Å². The summed E-state index contributed by atoms with van der Waals surface area (Å²) in [7, 11) is 0. The zero-order valence-corrected chi connectivity index (χ0v) is 9.20. The van der Waals surface area contributed by atoms with Crippen LogP contribution in [0.5, 0.6) is 0 Å². The normalized spacial score (nSPS) is 14.2. The van der Waals surface area contributed by atoms with Gasteiger partial charge in [-0.15, -0.1) is 12.4 Å². The minimum atomic E-state index is -0.424. The molecule has 0 aliphatic heterocycles. The number of hydrogen-bond acceptors (Lipinski definition) is 2. The van der Waals surface area contributed by atoms with Crippen LogP contribution in [0.2, 0.25) is 0 Å². The molecule has 3 N–H and O–H groups in total. The van der Waals surface area contributed by atoms with Gasteiger partial charge in [-0.25, -0.2) is 0 Å². The second kappa shape index (κ2) is 6.82. The van der Waals surface area contributed by atoms with E-state index in [2.05, 4.69) is 0 Å². The molecule has 0 aromatic heterocycles. The quantitative estimate of drug-likeness (QED) is 0.810. The van der Waals surface area contributed by atoms with Gasteiger partial charge in [-0.3, -0.25) is 0 Å². The van der Waals surface area contributed by atoms with Crippen LogP contribution in [0.1, 0.15) is 31.4 Å². The lowest BCUT2D eigenvalue weighted by Gasteiger charge is -2.18. The van der Waals surface area contributed by atoms with Crippen molar-refractivity contribution < 1.29 is 5.11 Å². The largest absolute Gasteiger partial charge is 0.391 e. The molecule has 1 aromatic rings. The standard InChI is InChI=1S/C11H17NO.ClH/c1-2-6-10(13)11(12)9-7-4-3-5-8-9;/h3-5,7-8,10-11,13H,2,6,12H2,1H3;1H/t10-,11+;/m0./s1. The van der Waals surface area contributed by atoms with Crippen LogP contribution in [0.4, 0.5) is 0 Å².